The van der Waals surface area contributed by atoms with Gasteiger partial charge in [0.1, 0.15) is 5.75 Å². The Morgan fingerprint density at radius 2 is 1.68 bits per heavy atom. The molecule has 3 aromatic carbocycles. The van der Waals surface area contributed by atoms with E-state index in [4.69, 9.17) is 17.0 Å². The first-order valence-electron chi connectivity index (χ1n) is 9.34. The molecule has 0 fully saturated rings. The Labute approximate surface area is 194 Å². The van der Waals surface area contributed by atoms with Crippen LogP contribution in [0.25, 0.3) is 0 Å². The quantitative estimate of drug-likeness (QED) is 0.436. The highest BCUT2D eigenvalue weighted by Gasteiger charge is 2.14. The predicted molar refractivity (Wildman–Crippen MR) is 128 cm³/mol. The third-order valence-electron chi connectivity index (χ3n) is 4.33. The molecule has 0 radical (unpaired) electrons. The van der Waals surface area contributed by atoms with Gasteiger partial charge in [-0.05, 0) is 60.2 Å². The molecule has 8 heteroatoms. The van der Waals surface area contributed by atoms with Crippen LogP contribution in [0.3, 0.4) is 0 Å². The third kappa shape index (κ3) is 6.37. The minimum atomic E-state index is -0.396. The molecule has 3 aromatic rings. The van der Waals surface area contributed by atoms with Gasteiger partial charge in [-0.2, -0.15) is 0 Å². The van der Waals surface area contributed by atoms with Crippen LogP contribution < -0.4 is 20.7 Å². The summed E-state index contributed by atoms with van der Waals surface area (Å²) in [6.07, 6.45) is 0. The van der Waals surface area contributed by atoms with Crippen LogP contribution in [-0.2, 0) is 6.54 Å². The van der Waals surface area contributed by atoms with E-state index in [-0.39, 0.29) is 11.0 Å². The number of ether oxygens (including phenoxy) is 1. The molecule has 3 N–H and O–H groups in total. The molecular formula is C23H20BrN3O3S. The lowest BCUT2D eigenvalue weighted by Gasteiger charge is -2.12. The van der Waals surface area contributed by atoms with Crippen LogP contribution in [0.5, 0.6) is 5.75 Å². The van der Waals surface area contributed by atoms with Crippen LogP contribution in [0, 0.1) is 0 Å². The topological polar surface area (TPSA) is 79.5 Å². The minimum absolute atomic E-state index is 0.133. The van der Waals surface area contributed by atoms with Crippen LogP contribution in [0.4, 0.5) is 5.69 Å². The number of anilines is 1. The lowest BCUT2D eigenvalue weighted by Crippen LogP contribution is -2.34. The molecule has 0 unspecified atom stereocenters. The highest BCUT2D eigenvalue weighted by Crippen LogP contribution is 2.22. The summed E-state index contributed by atoms with van der Waals surface area (Å²) in [6.45, 7) is 0.453. The van der Waals surface area contributed by atoms with E-state index in [2.05, 4.69) is 31.9 Å². The van der Waals surface area contributed by atoms with Crippen molar-refractivity contribution >= 4 is 50.8 Å². The van der Waals surface area contributed by atoms with E-state index in [0.717, 1.165) is 10.0 Å². The maximum Gasteiger partial charge on any atom is 0.261 e. The molecule has 3 rings (SSSR count). The third-order valence-corrected chi connectivity index (χ3v) is 5.03. The van der Waals surface area contributed by atoms with Crippen molar-refractivity contribution in [1.82, 2.24) is 10.6 Å². The van der Waals surface area contributed by atoms with Gasteiger partial charge in [0.15, 0.2) is 5.11 Å². The number of nitrogens with one attached hydrogen (secondary N) is 3. The van der Waals surface area contributed by atoms with Crippen molar-refractivity contribution in [3.63, 3.8) is 0 Å². The number of methoxy groups -OCH3 is 1. The summed E-state index contributed by atoms with van der Waals surface area (Å²) >= 11 is 8.57. The van der Waals surface area contributed by atoms with Crippen LogP contribution in [0.1, 0.15) is 26.3 Å². The predicted octanol–water partition coefficient (Wildman–Crippen LogP) is 4.51. The van der Waals surface area contributed by atoms with E-state index >= 15 is 0 Å². The maximum absolute atomic E-state index is 12.5. The van der Waals surface area contributed by atoms with Gasteiger partial charge in [-0.1, -0.05) is 46.3 Å². The molecule has 0 aromatic heterocycles. The Morgan fingerprint density at radius 1 is 0.968 bits per heavy atom. The first-order valence-corrected chi connectivity index (χ1v) is 10.5. The molecule has 158 valence electrons. The number of rotatable bonds is 6. The van der Waals surface area contributed by atoms with Crippen molar-refractivity contribution in [3.05, 3.63) is 94.0 Å². The molecule has 0 saturated carbocycles. The Bertz CT molecular complexity index is 1090. The highest BCUT2D eigenvalue weighted by molar-refractivity contribution is 9.10. The first kappa shape index (κ1) is 22.5. The lowest BCUT2D eigenvalue weighted by molar-refractivity contribution is 0.0948. The first-order chi connectivity index (χ1) is 15.0. The SMILES string of the molecule is COc1ccc(Br)cc1C(=O)NC(=S)Nc1ccc(C(=O)NCc2ccccc2)cc1. The summed E-state index contributed by atoms with van der Waals surface area (Å²) < 4.78 is 5.97. The van der Waals surface area contributed by atoms with E-state index in [9.17, 15) is 9.59 Å². The summed E-state index contributed by atoms with van der Waals surface area (Å²) in [5.74, 6) is -0.130. The minimum Gasteiger partial charge on any atom is -0.496 e. The molecule has 6 nitrogen and oxygen atoms in total. The number of thiocarbonyl (C=S) groups is 1. The largest absolute Gasteiger partial charge is 0.496 e. The van der Waals surface area contributed by atoms with Gasteiger partial charge in [-0.25, -0.2) is 0 Å². The monoisotopic (exact) mass is 497 g/mol. The summed E-state index contributed by atoms with van der Waals surface area (Å²) in [5, 5.41) is 8.57. The zero-order chi connectivity index (χ0) is 22.2. The van der Waals surface area contributed by atoms with E-state index in [0.29, 0.717) is 29.1 Å². The summed E-state index contributed by atoms with van der Waals surface area (Å²) in [7, 11) is 1.49. The van der Waals surface area contributed by atoms with Crippen LogP contribution >= 0.6 is 28.1 Å². The number of hydrogen-bond donors (Lipinski definition) is 3. The normalized spacial score (nSPS) is 10.1. The Hall–Kier alpha value is -3.23. The van der Waals surface area contributed by atoms with Crippen molar-refractivity contribution in [2.24, 2.45) is 0 Å². The highest BCUT2D eigenvalue weighted by atomic mass is 79.9. The molecule has 0 spiro atoms. The number of carbonyl (C=O) groups is 2. The van der Waals surface area contributed by atoms with E-state index in [1.54, 1.807) is 42.5 Å². The van der Waals surface area contributed by atoms with Crippen LogP contribution in [0.15, 0.2) is 77.3 Å². The van der Waals surface area contributed by atoms with Gasteiger partial charge in [0.25, 0.3) is 11.8 Å². The second-order valence-corrected chi connectivity index (χ2v) is 7.82. The fourth-order valence-corrected chi connectivity index (χ4v) is 3.35. The standard InChI is InChI=1S/C23H20BrN3O3S/c1-30-20-12-9-17(24)13-19(20)22(29)27-23(31)26-18-10-7-16(8-11-18)21(28)25-14-15-5-3-2-4-6-15/h2-13H,14H2,1H3,(H,25,28)(H2,26,27,29,31). The van der Waals surface area contributed by atoms with Gasteiger partial charge < -0.3 is 15.4 Å². The van der Waals surface area contributed by atoms with Gasteiger partial charge in [0.2, 0.25) is 0 Å². The molecule has 0 bridgehead atoms. The van der Waals surface area contributed by atoms with Gasteiger partial charge in [0, 0.05) is 22.3 Å². The fraction of sp³-hybridized carbons (Fsp3) is 0.0870. The fourth-order valence-electron chi connectivity index (χ4n) is 2.78. The van der Waals surface area contributed by atoms with Crippen molar-refractivity contribution in [2.45, 2.75) is 6.54 Å². The molecule has 2 amide bonds. The van der Waals surface area contributed by atoms with Crippen LogP contribution in [-0.4, -0.2) is 24.0 Å². The average molecular weight is 498 g/mol. The van der Waals surface area contributed by atoms with Crippen LogP contribution in [0.2, 0.25) is 0 Å². The summed E-state index contributed by atoms with van der Waals surface area (Å²) in [5.41, 5.74) is 2.55. The number of hydrogen-bond acceptors (Lipinski definition) is 4. The lowest BCUT2D eigenvalue weighted by atomic mass is 10.1. The number of benzene rings is 3. The Morgan fingerprint density at radius 3 is 2.35 bits per heavy atom. The molecule has 0 aliphatic heterocycles. The molecule has 31 heavy (non-hydrogen) atoms. The van der Waals surface area contributed by atoms with Crippen molar-refractivity contribution in [3.8, 4) is 5.75 Å². The number of amides is 2. The smallest absolute Gasteiger partial charge is 0.261 e. The molecule has 0 aliphatic rings. The van der Waals surface area contributed by atoms with Gasteiger partial charge >= 0.3 is 0 Å². The number of halogens is 1. The molecule has 0 saturated heterocycles. The molecular weight excluding hydrogens is 478 g/mol. The molecule has 0 atom stereocenters. The summed E-state index contributed by atoms with van der Waals surface area (Å²) in [4.78, 5) is 24.8. The zero-order valence-corrected chi connectivity index (χ0v) is 19.0. The zero-order valence-electron chi connectivity index (χ0n) is 16.6. The van der Waals surface area contributed by atoms with E-state index < -0.39 is 5.91 Å². The maximum atomic E-state index is 12.5. The van der Waals surface area contributed by atoms with Gasteiger partial charge in [0.05, 0.1) is 12.7 Å². The van der Waals surface area contributed by atoms with E-state index in [1.807, 2.05) is 30.3 Å². The average Bonchev–Trinajstić information content (AvgIpc) is 2.78. The van der Waals surface area contributed by atoms with Gasteiger partial charge in [-0.3, -0.25) is 14.9 Å². The number of carbonyl (C=O) groups excluding carboxylic acids is 2. The molecule has 0 heterocycles. The van der Waals surface area contributed by atoms with Crippen molar-refractivity contribution < 1.29 is 14.3 Å². The second-order valence-electron chi connectivity index (χ2n) is 6.50. The van der Waals surface area contributed by atoms with Gasteiger partial charge in [-0.15, -0.1) is 0 Å². The molecule has 0 aliphatic carbocycles. The Kier molecular flexibility index (Phi) is 7.75. The Balaban J connectivity index is 1.55. The van der Waals surface area contributed by atoms with Crippen molar-refractivity contribution in [1.29, 1.82) is 0 Å². The second kappa shape index (κ2) is 10.7. The van der Waals surface area contributed by atoms with E-state index in [1.165, 1.54) is 7.11 Å². The van der Waals surface area contributed by atoms with Crippen molar-refractivity contribution in [2.75, 3.05) is 12.4 Å². The summed E-state index contributed by atoms with van der Waals surface area (Å²) in [6, 6.07) is 21.6.